The maximum Gasteiger partial charge on any atom is 0.303 e. The number of esters is 5. The molecule has 0 amide bonds. The Hall–Kier alpha value is -2.95. The first-order chi connectivity index (χ1) is 18.9. The molecule has 3 aliphatic rings. The molecule has 2 aliphatic heterocycles. The third kappa shape index (κ3) is 6.60. The van der Waals surface area contributed by atoms with Crippen LogP contribution in [0.5, 0.6) is 0 Å². The summed E-state index contributed by atoms with van der Waals surface area (Å²) < 4.78 is 36.1. The van der Waals surface area contributed by atoms with Crippen LogP contribution >= 0.6 is 0 Å². The topological polar surface area (TPSA) is 141 Å². The zero-order valence-electron chi connectivity index (χ0n) is 25.5. The summed E-state index contributed by atoms with van der Waals surface area (Å²) in [6.07, 6.45) is -3.37. The molecule has 10 atom stereocenters. The molecule has 1 aliphatic carbocycles. The second kappa shape index (κ2) is 12.1. The number of rotatable bonds is 6. The van der Waals surface area contributed by atoms with Crippen molar-refractivity contribution in [3.05, 3.63) is 12.2 Å². The van der Waals surface area contributed by atoms with E-state index in [0.29, 0.717) is 12.0 Å². The largest absolute Gasteiger partial charge is 0.458 e. The van der Waals surface area contributed by atoms with Crippen molar-refractivity contribution in [2.75, 3.05) is 0 Å². The Labute approximate surface area is 241 Å². The predicted molar refractivity (Wildman–Crippen MR) is 144 cm³/mol. The van der Waals surface area contributed by atoms with Crippen molar-refractivity contribution in [1.29, 1.82) is 0 Å². The number of ether oxygens (including phenoxy) is 6. The lowest BCUT2D eigenvalue weighted by atomic mass is 9.55. The van der Waals surface area contributed by atoms with E-state index in [9.17, 15) is 24.0 Å². The van der Waals surface area contributed by atoms with Crippen molar-refractivity contribution in [2.45, 2.75) is 123 Å². The van der Waals surface area contributed by atoms with Crippen LogP contribution in [0.25, 0.3) is 0 Å². The van der Waals surface area contributed by atoms with Gasteiger partial charge in [0.2, 0.25) is 0 Å². The van der Waals surface area contributed by atoms with Crippen molar-refractivity contribution in [1.82, 2.24) is 0 Å². The summed E-state index contributed by atoms with van der Waals surface area (Å²) in [6.45, 7) is 18.0. The standard InChI is InChI=1S/C30H44O11/c1-14(2)23-24-25(30(10,41-20(8)35)28(38-18(6)33)26(23)37-17(5)32)22-13-15(3)21(36-16(4)31)11-12-29(9,27(24)39-22)40-19(7)34/h14,21-28H,3,11-13H2,1-2,4-10H3/t21-,22+,23+,24+,25+,26-,27+,28-,29+,30-/m1/s1. The fraction of sp³-hybridized carbons (Fsp3) is 0.767. The summed E-state index contributed by atoms with van der Waals surface area (Å²) in [5, 5.41) is 0. The Morgan fingerprint density at radius 3 is 1.90 bits per heavy atom. The highest BCUT2D eigenvalue weighted by molar-refractivity contribution is 5.69. The lowest BCUT2D eigenvalue weighted by molar-refractivity contribution is -0.249. The lowest BCUT2D eigenvalue weighted by Crippen LogP contribution is -2.69. The SMILES string of the molecule is C=C1C[C@@H]2O[C@@H]([C@H]3[C@H](C(C)C)[C@@H](OC(C)=O)[C@@H](OC(C)=O)[C@](C)(OC(C)=O)[C@H]32)[C@@](C)(OC(C)=O)CC[C@H]1OC(C)=O. The van der Waals surface area contributed by atoms with Crippen molar-refractivity contribution in [3.8, 4) is 0 Å². The molecule has 0 aromatic rings. The van der Waals surface area contributed by atoms with Gasteiger partial charge in [-0.05, 0) is 44.6 Å². The van der Waals surface area contributed by atoms with E-state index in [1.165, 1.54) is 34.6 Å². The van der Waals surface area contributed by atoms with Gasteiger partial charge in [0.05, 0.1) is 6.10 Å². The van der Waals surface area contributed by atoms with Gasteiger partial charge in [-0.15, -0.1) is 0 Å². The highest BCUT2D eigenvalue weighted by Crippen LogP contribution is 2.59. The summed E-state index contributed by atoms with van der Waals surface area (Å²) in [7, 11) is 0. The van der Waals surface area contributed by atoms with Crippen LogP contribution in [0.15, 0.2) is 12.2 Å². The molecule has 3 fully saturated rings. The molecule has 0 aromatic heterocycles. The average Bonchev–Trinajstić information content (AvgIpc) is 3.18. The van der Waals surface area contributed by atoms with Crippen molar-refractivity contribution < 1.29 is 52.4 Å². The van der Waals surface area contributed by atoms with Crippen LogP contribution < -0.4 is 0 Å². The summed E-state index contributed by atoms with van der Waals surface area (Å²) >= 11 is 0. The van der Waals surface area contributed by atoms with Crippen LogP contribution in [0.3, 0.4) is 0 Å². The Morgan fingerprint density at radius 1 is 0.854 bits per heavy atom. The van der Waals surface area contributed by atoms with Gasteiger partial charge < -0.3 is 28.4 Å². The highest BCUT2D eigenvalue weighted by Gasteiger charge is 2.71. The highest BCUT2D eigenvalue weighted by atomic mass is 16.6. The second-order valence-electron chi connectivity index (χ2n) is 12.3. The molecule has 11 nitrogen and oxygen atoms in total. The fourth-order valence-electron chi connectivity index (χ4n) is 7.54. The number of hydrogen-bond acceptors (Lipinski definition) is 11. The average molecular weight is 581 g/mol. The zero-order chi connectivity index (χ0) is 31.0. The van der Waals surface area contributed by atoms with Gasteiger partial charge in [-0.2, -0.15) is 0 Å². The van der Waals surface area contributed by atoms with Crippen LogP contribution in [0.2, 0.25) is 0 Å². The van der Waals surface area contributed by atoms with Crippen LogP contribution in [0.1, 0.15) is 81.6 Å². The molecule has 0 aromatic carbocycles. The van der Waals surface area contributed by atoms with E-state index >= 15 is 0 Å². The fourth-order valence-corrected chi connectivity index (χ4v) is 7.54. The smallest absolute Gasteiger partial charge is 0.303 e. The first-order valence-corrected chi connectivity index (χ1v) is 14.1. The molecule has 2 saturated heterocycles. The maximum atomic E-state index is 12.6. The molecule has 41 heavy (non-hydrogen) atoms. The number of carbonyl (C=O) groups excluding carboxylic acids is 5. The molecule has 0 spiro atoms. The molecular weight excluding hydrogens is 536 g/mol. The number of carbonyl (C=O) groups is 5. The third-order valence-corrected chi connectivity index (χ3v) is 8.67. The Balaban J connectivity index is 2.32. The molecular formula is C30H44O11. The molecule has 0 unspecified atom stereocenters. The summed E-state index contributed by atoms with van der Waals surface area (Å²) in [5.41, 5.74) is -2.12. The lowest BCUT2D eigenvalue weighted by Gasteiger charge is -2.56. The number of hydrogen-bond donors (Lipinski definition) is 0. The molecule has 2 heterocycles. The Kier molecular flexibility index (Phi) is 9.62. The molecule has 0 N–H and O–H groups in total. The molecule has 1 saturated carbocycles. The molecule has 230 valence electrons. The minimum Gasteiger partial charge on any atom is -0.458 e. The van der Waals surface area contributed by atoms with Crippen molar-refractivity contribution >= 4 is 29.8 Å². The third-order valence-electron chi connectivity index (χ3n) is 8.67. The van der Waals surface area contributed by atoms with Crippen molar-refractivity contribution in [3.63, 3.8) is 0 Å². The van der Waals surface area contributed by atoms with Gasteiger partial charge in [0.25, 0.3) is 0 Å². The van der Waals surface area contributed by atoms with Crippen LogP contribution in [0, 0.1) is 23.7 Å². The van der Waals surface area contributed by atoms with E-state index in [0.717, 1.165) is 0 Å². The van der Waals surface area contributed by atoms with Gasteiger partial charge >= 0.3 is 29.8 Å². The van der Waals surface area contributed by atoms with Gasteiger partial charge in [0.1, 0.15) is 23.9 Å². The maximum absolute atomic E-state index is 12.6. The molecule has 0 radical (unpaired) electrons. The second-order valence-corrected chi connectivity index (χ2v) is 12.3. The van der Waals surface area contributed by atoms with E-state index < -0.39 is 89.3 Å². The zero-order valence-corrected chi connectivity index (χ0v) is 25.5. The van der Waals surface area contributed by atoms with Gasteiger partial charge in [-0.1, -0.05) is 20.4 Å². The normalized spacial score (nSPS) is 38.4. The van der Waals surface area contributed by atoms with Gasteiger partial charge in [0, 0.05) is 52.4 Å². The van der Waals surface area contributed by atoms with Crippen LogP contribution in [-0.2, 0) is 52.4 Å². The van der Waals surface area contributed by atoms with Crippen molar-refractivity contribution in [2.24, 2.45) is 23.7 Å². The Morgan fingerprint density at radius 2 is 1.41 bits per heavy atom. The molecule has 3 rings (SSSR count). The monoisotopic (exact) mass is 580 g/mol. The Bertz CT molecular complexity index is 1080. The van der Waals surface area contributed by atoms with Crippen LogP contribution in [0.4, 0.5) is 0 Å². The van der Waals surface area contributed by atoms with E-state index in [4.69, 9.17) is 28.4 Å². The predicted octanol–water partition coefficient (Wildman–Crippen LogP) is 3.45. The van der Waals surface area contributed by atoms with Crippen LogP contribution in [-0.4, -0.2) is 71.6 Å². The molecule has 11 heteroatoms. The van der Waals surface area contributed by atoms with Gasteiger partial charge in [-0.25, -0.2) is 0 Å². The van der Waals surface area contributed by atoms with E-state index in [1.54, 1.807) is 13.8 Å². The quantitative estimate of drug-likeness (QED) is 0.259. The van der Waals surface area contributed by atoms with Gasteiger partial charge in [0.15, 0.2) is 11.7 Å². The van der Waals surface area contributed by atoms with E-state index in [-0.39, 0.29) is 18.8 Å². The summed E-state index contributed by atoms with van der Waals surface area (Å²) in [4.78, 5) is 61.9. The van der Waals surface area contributed by atoms with E-state index in [2.05, 4.69) is 6.58 Å². The molecule has 2 bridgehead atoms. The number of fused-ring (bicyclic) bond motifs is 5. The van der Waals surface area contributed by atoms with Gasteiger partial charge in [-0.3, -0.25) is 24.0 Å². The van der Waals surface area contributed by atoms with E-state index in [1.807, 2.05) is 13.8 Å². The minimum atomic E-state index is -1.51. The summed E-state index contributed by atoms with van der Waals surface area (Å²) in [5.74, 6) is -4.50. The summed E-state index contributed by atoms with van der Waals surface area (Å²) in [6, 6.07) is 0. The first-order valence-electron chi connectivity index (χ1n) is 14.1. The minimum absolute atomic E-state index is 0.127. The first kappa shape index (κ1) is 32.6.